The first-order valence-corrected chi connectivity index (χ1v) is 7.00. The van der Waals surface area contributed by atoms with E-state index < -0.39 is 0 Å². The molecule has 3 rings (SSSR count). The number of nitrogens with zero attached hydrogens (tertiary/aromatic N) is 2. The molecule has 0 aliphatic rings. The minimum Gasteiger partial charge on any atom is -0.251 e. The third kappa shape index (κ3) is 2.06. The van der Waals surface area contributed by atoms with Crippen LogP contribution in [0.4, 0.5) is 0 Å². The van der Waals surface area contributed by atoms with Gasteiger partial charge < -0.3 is 0 Å². The zero-order chi connectivity index (χ0) is 12.5. The Hall–Kier alpha value is -1.26. The molecule has 0 spiro atoms. The molecule has 0 unspecified atom stereocenters. The molecular weight excluding hydrogens is 356 g/mol. The zero-order valence-corrected chi connectivity index (χ0v) is 12.4. The number of hydrogen-bond donors (Lipinski definition) is 0. The smallest absolute Gasteiger partial charge is 0.105 e. The van der Waals surface area contributed by atoms with Gasteiger partial charge in [-0.2, -0.15) is 0 Å². The maximum atomic E-state index is 4.67. The van der Waals surface area contributed by atoms with Gasteiger partial charge in [-0.05, 0) is 44.0 Å². The fourth-order valence-electron chi connectivity index (χ4n) is 1.78. The highest BCUT2D eigenvalue weighted by molar-refractivity contribution is 9.11. The van der Waals surface area contributed by atoms with Gasteiger partial charge in [-0.1, -0.05) is 30.3 Å². The SMILES string of the molecule is Brc1ccc(Br)c2nc(-c3ccccc3)cnc12. The van der Waals surface area contributed by atoms with E-state index in [1.807, 2.05) is 42.5 Å². The van der Waals surface area contributed by atoms with Crippen molar-refractivity contribution in [3.8, 4) is 11.3 Å². The van der Waals surface area contributed by atoms with E-state index in [9.17, 15) is 0 Å². The Morgan fingerprint density at radius 1 is 0.778 bits per heavy atom. The topological polar surface area (TPSA) is 25.8 Å². The van der Waals surface area contributed by atoms with Crippen molar-refractivity contribution in [3.05, 3.63) is 57.6 Å². The zero-order valence-electron chi connectivity index (χ0n) is 9.27. The average Bonchev–Trinajstić information content (AvgIpc) is 2.44. The summed E-state index contributed by atoms with van der Waals surface area (Å²) in [7, 11) is 0. The molecule has 0 radical (unpaired) electrons. The van der Waals surface area contributed by atoms with Gasteiger partial charge in [0.05, 0.1) is 11.9 Å². The van der Waals surface area contributed by atoms with Crippen molar-refractivity contribution < 1.29 is 0 Å². The molecule has 2 aromatic carbocycles. The standard InChI is InChI=1S/C14H8Br2N2/c15-10-6-7-11(16)14-13(10)17-8-12(18-14)9-4-2-1-3-5-9/h1-8H. The van der Waals surface area contributed by atoms with Gasteiger partial charge in [0.15, 0.2) is 0 Å². The first-order chi connectivity index (χ1) is 8.75. The van der Waals surface area contributed by atoms with E-state index >= 15 is 0 Å². The van der Waals surface area contributed by atoms with Crippen molar-refractivity contribution in [1.29, 1.82) is 0 Å². The molecule has 1 aromatic heterocycles. The van der Waals surface area contributed by atoms with Gasteiger partial charge in [-0.15, -0.1) is 0 Å². The first kappa shape index (κ1) is 11.8. The number of benzene rings is 2. The lowest BCUT2D eigenvalue weighted by Gasteiger charge is -2.05. The van der Waals surface area contributed by atoms with Crippen LogP contribution < -0.4 is 0 Å². The Labute approximate surface area is 121 Å². The Balaban J connectivity index is 2.26. The minimum absolute atomic E-state index is 0.865. The highest BCUT2D eigenvalue weighted by Gasteiger charge is 2.07. The lowest BCUT2D eigenvalue weighted by Crippen LogP contribution is -1.90. The number of aromatic nitrogens is 2. The van der Waals surface area contributed by atoms with Gasteiger partial charge in [0.25, 0.3) is 0 Å². The van der Waals surface area contributed by atoms with Crippen LogP contribution in [0.25, 0.3) is 22.3 Å². The lowest BCUT2D eigenvalue weighted by atomic mass is 10.1. The van der Waals surface area contributed by atoms with Crippen LogP contribution in [0.1, 0.15) is 0 Å². The predicted molar refractivity (Wildman–Crippen MR) is 80.4 cm³/mol. The maximum Gasteiger partial charge on any atom is 0.105 e. The molecule has 0 amide bonds. The van der Waals surface area contributed by atoms with Crippen LogP contribution in [0.3, 0.4) is 0 Å². The number of fused-ring (bicyclic) bond motifs is 1. The van der Waals surface area contributed by atoms with E-state index in [4.69, 9.17) is 0 Å². The van der Waals surface area contributed by atoms with Gasteiger partial charge in [0.2, 0.25) is 0 Å². The second kappa shape index (κ2) is 4.78. The number of halogens is 2. The highest BCUT2D eigenvalue weighted by Crippen LogP contribution is 2.29. The molecule has 0 saturated heterocycles. The summed E-state index contributed by atoms with van der Waals surface area (Å²) in [5, 5.41) is 0. The molecule has 2 nitrogen and oxygen atoms in total. The van der Waals surface area contributed by atoms with Crippen molar-refractivity contribution in [3.63, 3.8) is 0 Å². The van der Waals surface area contributed by atoms with E-state index in [-0.39, 0.29) is 0 Å². The molecular formula is C14H8Br2N2. The van der Waals surface area contributed by atoms with E-state index in [1.165, 1.54) is 0 Å². The third-order valence-electron chi connectivity index (χ3n) is 2.67. The quantitative estimate of drug-likeness (QED) is 0.619. The molecule has 0 aliphatic heterocycles. The van der Waals surface area contributed by atoms with E-state index in [0.717, 1.165) is 31.2 Å². The van der Waals surface area contributed by atoms with E-state index in [1.54, 1.807) is 6.20 Å². The Morgan fingerprint density at radius 3 is 2.17 bits per heavy atom. The van der Waals surface area contributed by atoms with Gasteiger partial charge in [-0.25, -0.2) is 4.98 Å². The van der Waals surface area contributed by atoms with Crippen molar-refractivity contribution in [2.24, 2.45) is 0 Å². The summed E-state index contributed by atoms with van der Waals surface area (Å²) in [6.45, 7) is 0. The second-order valence-corrected chi connectivity index (χ2v) is 5.56. The van der Waals surface area contributed by atoms with Crippen LogP contribution in [-0.4, -0.2) is 9.97 Å². The molecule has 4 heteroatoms. The monoisotopic (exact) mass is 362 g/mol. The summed E-state index contributed by atoms with van der Waals surface area (Å²) >= 11 is 7.00. The normalized spacial score (nSPS) is 10.8. The largest absolute Gasteiger partial charge is 0.251 e. The summed E-state index contributed by atoms with van der Waals surface area (Å²) in [5.41, 5.74) is 3.68. The average molecular weight is 364 g/mol. The molecule has 0 fully saturated rings. The Kier molecular flexibility index (Phi) is 3.14. The van der Waals surface area contributed by atoms with Crippen molar-refractivity contribution in [2.75, 3.05) is 0 Å². The fourth-order valence-corrected chi connectivity index (χ4v) is 2.61. The number of hydrogen-bond acceptors (Lipinski definition) is 2. The van der Waals surface area contributed by atoms with Crippen LogP contribution in [0, 0.1) is 0 Å². The Morgan fingerprint density at radius 2 is 1.44 bits per heavy atom. The molecule has 0 atom stereocenters. The van der Waals surface area contributed by atoms with Crippen LogP contribution in [0.2, 0.25) is 0 Å². The predicted octanol–water partition coefficient (Wildman–Crippen LogP) is 4.82. The molecule has 1 heterocycles. The van der Waals surface area contributed by atoms with Gasteiger partial charge >= 0.3 is 0 Å². The summed E-state index contributed by atoms with van der Waals surface area (Å²) < 4.78 is 1.90. The summed E-state index contributed by atoms with van der Waals surface area (Å²) in [4.78, 5) is 9.14. The van der Waals surface area contributed by atoms with Gasteiger partial charge in [-0.3, -0.25) is 4.98 Å². The van der Waals surface area contributed by atoms with Crippen molar-refractivity contribution >= 4 is 42.9 Å². The molecule has 0 N–H and O–H groups in total. The van der Waals surface area contributed by atoms with Crippen LogP contribution >= 0.6 is 31.9 Å². The minimum atomic E-state index is 0.865. The fraction of sp³-hybridized carbons (Fsp3) is 0. The second-order valence-electron chi connectivity index (χ2n) is 3.85. The highest BCUT2D eigenvalue weighted by atomic mass is 79.9. The lowest BCUT2D eigenvalue weighted by molar-refractivity contribution is 1.28. The molecule has 3 aromatic rings. The maximum absolute atomic E-state index is 4.67. The molecule has 0 aliphatic carbocycles. The van der Waals surface area contributed by atoms with Crippen LogP contribution in [0.5, 0.6) is 0 Å². The van der Waals surface area contributed by atoms with Gasteiger partial charge in [0, 0.05) is 14.5 Å². The number of rotatable bonds is 1. The summed E-state index contributed by atoms with van der Waals surface area (Å²) in [6.07, 6.45) is 1.80. The third-order valence-corrected chi connectivity index (χ3v) is 3.95. The van der Waals surface area contributed by atoms with Crippen LogP contribution in [0.15, 0.2) is 57.6 Å². The Bertz CT molecular complexity index is 712. The summed E-state index contributed by atoms with van der Waals surface area (Å²) in [5.74, 6) is 0. The van der Waals surface area contributed by atoms with E-state index in [0.29, 0.717) is 0 Å². The van der Waals surface area contributed by atoms with Crippen molar-refractivity contribution in [2.45, 2.75) is 0 Å². The molecule has 88 valence electrons. The summed E-state index contributed by atoms with van der Waals surface area (Å²) in [6, 6.07) is 14.0. The van der Waals surface area contributed by atoms with Crippen LogP contribution in [-0.2, 0) is 0 Å². The van der Waals surface area contributed by atoms with E-state index in [2.05, 4.69) is 41.8 Å². The molecule has 18 heavy (non-hydrogen) atoms. The first-order valence-electron chi connectivity index (χ1n) is 5.42. The molecule has 0 saturated carbocycles. The molecule has 0 bridgehead atoms. The van der Waals surface area contributed by atoms with Crippen molar-refractivity contribution in [1.82, 2.24) is 9.97 Å². The van der Waals surface area contributed by atoms with Gasteiger partial charge in [0.1, 0.15) is 11.0 Å².